The maximum atomic E-state index is 12.1. The van der Waals surface area contributed by atoms with Gasteiger partial charge in [0.25, 0.3) is 0 Å². The van der Waals surface area contributed by atoms with Crippen molar-refractivity contribution < 1.29 is 24.2 Å². The van der Waals surface area contributed by atoms with Crippen molar-refractivity contribution in [1.82, 2.24) is 5.32 Å². The molecule has 1 unspecified atom stereocenters. The Kier molecular flexibility index (Phi) is 7.48. The molecule has 0 radical (unpaired) electrons. The molecule has 0 aliphatic heterocycles. The van der Waals surface area contributed by atoms with Crippen LogP contribution in [-0.4, -0.2) is 23.1 Å². The minimum atomic E-state index is -0.977. The normalized spacial score (nSPS) is 11.4. The van der Waals surface area contributed by atoms with Crippen LogP contribution in [-0.2, 0) is 29.2 Å². The first-order valence-electron chi connectivity index (χ1n) is 9.76. The van der Waals surface area contributed by atoms with Crippen LogP contribution in [0.1, 0.15) is 16.7 Å². The highest BCUT2D eigenvalue weighted by Crippen LogP contribution is 2.28. The molecule has 3 aromatic rings. The van der Waals surface area contributed by atoms with Gasteiger partial charge < -0.3 is 25.6 Å². The molecular weight excluding hydrogens is 396 g/mol. The molecule has 3 aromatic carbocycles. The van der Waals surface area contributed by atoms with Gasteiger partial charge in [0.05, 0.1) is 0 Å². The first kappa shape index (κ1) is 21.7. The quantitative estimate of drug-likeness (QED) is 0.492. The molecule has 2 amide bonds. The van der Waals surface area contributed by atoms with E-state index in [2.05, 4.69) is 5.32 Å². The summed E-state index contributed by atoms with van der Waals surface area (Å²) in [5, 5.41) is 12.6. The van der Waals surface area contributed by atoms with Gasteiger partial charge in [-0.25, -0.2) is 4.79 Å². The minimum Gasteiger partial charge on any atom is -0.504 e. The van der Waals surface area contributed by atoms with Gasteiger partial charge in [0.15, 0.2) is 11.5 Å². The van der Waals surface area contributed by atoms with Crippen molar-refractivity contribution in [2.24, 2.45) is 5.73 Å². The number of carbonyl (C=O) groups excluding carboxylic acids is 2. The Morgan fingerprint density at radius 3 is 2.10 bits per heavy atom. The van der Waals surface area contributed by atoms with Crippen LogP contribution >= 0.6 is 0 Å². The second kappa shape index (κ2) is 10.7. The Morgan fingerprint density at radius 1 is 0.871 bits per heavy atom. The summed E-state index contributed by atoms with van der Waals surface area (Å²) in [6, 6.07) is 22.5. The van der Waals surface area contributed by atoms with E-state index in [0.717, 1.165) is 11.1 Å². The number of primary amides is 1. The summed E-state index contributed by atoms with van der Waals surface area (Å²) in [7, 11) is 0. The molecule has 0 fully saturated rings. The molecular formula is C24H24N2O5. The third-order valence-electron chi connectivity index (χ3n) is 4.55. The van der Waals surface area contributed by atoms with Gasteiger partial charge in [0.2, 0.25) is 5.91 Å². The van der Waals surface area contributed by atoms with E-state index in [9.17, 15) is 14.7 Å². The number of ether oxygens (including phenoxy) is 2. The number of benzene rings is 3. The first-order valence-corrected chi connectivity index (χ1v) is 9.76. The molecule has 0 heterocycles. The smallest absolute Gasteiger partial charge is 0.408 e. The summed E-state index contributed by atoms with van der Waals surface area (Å²) in [5.74, 6) is -0.446. The van der Waals surface area contributed by atoms with E-state index >= 15 is 0 Å². The lowest BCUT2D eigenvalue weighted by molar-refractivity contribution is -0.119. The SMILES string of the molecule is NC(=O)C(Cc1ccc(O)c(OCc2ccccc2)c1)NC(=O)OCc1ccccc1. The zero-order chi connectivity index (χ0) is 22.1. The molecule has 0 saturated heterocycles. The molecule has 4 N–H and O–H groups in total. The van der Waals surface area contributed by atoms with Crippen molar-refractivity contribution in [1.29, 1.82) is 0 Å². The summed E-state index contributed by atoms with van der Waals surface area (Å²) in [6.07, 6.45) is -0.621. The number of phenolic OH excluding ortho intramolecular Hbond substituents is 1. The summed E-state index contributed by atoms with van der Waals surface area (Å²) in [5.41, 5.74) is 7.89. The zero-order valence-corrected chi connectivity index (χ0v) is 16.9. The number of alkyl carbamates (subject to hydrolysis) is 1. The van der Waals surface area contributed by atoms with E-state index in [0.29, 0.717) is 5.56 Å². The summed E-state index contributed by atoms with van der Waals surface area (Å²) in [6.45, 7) is 0.357. The number of hydrogen-bond acceptors (Lipinski definition) is 5. The van der Waals surface area contributed by atoms with Gasteiger partial charge in [-0.15, -0.1) is 0 Å². The van der Waals surface area contributed by atoms with Gasteiger partial charge in [-0.1, -0.05) is 66.7 Å². The fourth-order valence-electron chi connectivity index (χ4n) is 2.90. The largest absolute Gasteiger partial charge is 0.504 e. The number of aromatic hydroxyl groups is 1. The van der Waals surface area contributed by atoms with Gasteiger partial charge in [0, 0.05) is 6.42 Å². The summed E-state index contributed by atoms with van der Waals surface area (Å²) < 4.78 is 10.9. The van der Waals surface area contributed by atoms with E-state index in [-0.39, 0.29) is 31.1 Å². The number of nitrogens with two attached hydrogens (primary N) is 1. The third kappa shape index (κ3) is 6.78. The highest BCUT2D eigenvalue weighted by molar-refractivity contribution is 5.84. The van der Waals surface area contributed by atoms with Crippen LogP contribution in [0.5, 0.6) is 11.5 Å². The number of phenols is 1. The fourth-order valence-corrected chi connectivity index (χ4v) is 2.90. The monoisotopic (exact) mass is 420 g/mol. The first-order chi connectivity index (χ1) is 15.0. The Hall–Kier alpha value is -4.00. The van der Waals surface area contributed by atoms with Gasteiger partial charge in [-0.2, -0.15) is 0 Å². The van der Waals surface area contributed by atoms with Crippen molar-refractivity contribution in [2.45, 2.75) is 25.7 Å². The molecule has 7 heteroatoms. The lowest BCUT2D eigenvalue weighted by atomic mass is 10.0. The predicted octanol–water partition coefficient (Wildman–Crippen LogP) is 3.29. The number of rotatable bonds is 9. The lowest BCUT2D eigenvalue weighted by Crippen LogP contribution is -2.46. The van der Waals surface area contributed by atoms with Gasteiger partial charge in [0.1, 0.15) is 19.3 Å². The van der Waals surface area contributed by atoms with Crippen LogP contribution in [0.4, 0.5) is 4.79 Å². The van der Waals surface area contributed by atoms with Crippen LogP contribution in [0.3, 0.4) is 0 Å². The average molecular weight is 420 g/mol. The Balaban J connectivity index is 1.59. The molecule has 0 bridgehead atoms. The fraction of sp³-hybridized carbons (Fsp3) is 0.167. The topological polar surface area (TPSA) is 111 Å². The van der Waals surface area contributed by atoms with Crippen LogP contribution in [0.15, 0.2) is 78.9 Å². The van der Waals surface area contributed by atoms with Gasteiger partial charge >= 0.3 is 6.09 Å². The molecule has 0 aromatic heterocycles. The van der Waals surface area contributed by atoms with Crippen molar-refractivity contribution in [2.75, 3.05) is 0 Å². The van der Waals surface area contributed by atoms with Gasteiger partial charge in [-0.3, -0.25) is 4.79 Å². The standard InChI is InChI=1S/C24H24N2O5/c25-23(28)20(26-24(29)31-16-18-9-5-2-6-10-18)13-19-11-12-21(27)22(14-19)30-15-17-7-3-1-4-8-17/h1-12,14,20,27H,13,15-16H2,(H2,25,28)(H,26,29). The van der Waals surface area contributed by atoms with Gasteiger partial charge in [-0.05, 0) is 28.8 Å². The maximum absolute atomic E-state index is 12.1. The van der Waals surface area contributed by atoms with Crippen LogP contribution in [0.25, 0.3) is 0 Å². The minimum absolute atomic E-state index is 0.0227. The molecule has 0 spiro atoms. The van der Waals surface area contributed by atoms with E-state index in [1.807, 2.05) is 60.7 Å². The predicted molar refractivity (Wildman–Crippen MR) is 115 cm³/mol. The number of hydrogen-bond donors (Lipinski definition) is 3. The van der Waals surface area contributed by atoms with E-state index in [4.69, 9.17) is 15.2 Å². The lowest BCUT2D eigenvalue weighted by Gasteiger charge is -2.16. The number of nitrogens with one attached hydrogen (secondary N) is 1. The Labute approximate surface area is 180 Å². The number of carbonyl (C=O) groups is 2. The molecule has 160 valence electrons. The van der Waals surface area contributed by atoms with Crippen molar-refractivity contribution in [3.8, 4) is 11.5 Å². The molecule has 7 nitrogen and oxygen atoms in total. The van der Waals surface area contributed by atoms with E-state index in [1.54, 1.807) is 12.1 Å². The summed E-state index contributed by atoms with van der Waals surface area (Å²) >= 11 is 0. The average Bonchev–Trinajstić information content (AvgIpc) is 2.79. The van der Waals surface area contributed by atoms with Crippen LogP contribution < -0.4 is 15.8 Å². The Bertz CT molecular complexity index is 1010. The van der Waals surface area contributed by atoms with Crippen molar-refractivity contribution in [3.63, 3.8) is 0 Å². The van der Waals surface area contributed by atoms with E-state index < -0.39 is 18.0 Å². The Morgan fingerprint density at radius 2 is 1.48 bits per heavy atom. The molecule has 1 atom stereocenters. The zero-order valence-electron chi connectivity index (χ0n) is 16.9. The van der Waals surface area contributed by atoms with Crippen molar-refractivity contribution >= 4 is 12.0 Å². The molecule has 31 heavy (non-hydrogen) atoms. The second-order valence-corrected chi connectivity index (χ2v) is 6.94. The molecule has 0 saturated carbocycles. The number of amides is 2. The molecule has 0 aliphatic carbocycles. The maximum Gasteiger partial charge on any atom is 0.408 e. The molecule has 0 aliphatic rings. The highest BCUT2D eigenvalue weighted by atomic mass is 16.5. The van der Waals surface area contributed by atoms with Crippen LogP contribution in [0.2, 0.25) is 0 Å². The van der Waals surface area contributed by atoms with Crippen molar-refractivity contribution in [3.05, 3.63) is 95.6 Å². The second-order valence-electron chi connectivity index (χ2n) is 6.94. The summed E-state index contributed by atoms with van der Waals surface area (Å²) in [4.78, 5) is 23.9. The molecule has 3 rings (SSSR count). The highest BCUT2D eigenvalue weighted by Gasteiger charge is 2.20. The van der Waals surface area contributed by atoms with Crippen LogP contribution in [0, 0.1) is 0 Å². The van der Waals surface area contributed by atoms with E-state index in [1.165, 1.54) is 6.07 Å². The third-order valence-corrected chi connectivity index (χ3v) is 4.55.